The fourth-order valence-corrected chi connectivity index (χ4v) is 2.60. The molecule has 0 aromatic rings. The molecule has 0 saturated carbocycles. The van der Waals surface area contributed by atoms with E-state index < -0.39 is 0 Å². The molecule has 0 bridgehead atoms. The monoisotopic (exact) mass is 270 g/mol. The highest BCUT2D eigenvalue weighted by molar-refractivity contribution is 4.83. The first-order valence-electron chi connectivity index (χ1n) is 7.95. The average Bonchev–Trinajstić information content (AvgIpc) is 2.50. The van der Waals surface area contributed by atoms with Crippen LogP contribution < -0.4 is 5.32 Å². The lowest BCUT2D eigenvalue weighted by Crippen LogP contribution is -2.45. The molecule has 0 aromatic carbocycles. The Morgan fingerprint density at radius 1 is 1.37 bits per heavy atom. The molecule has 3 unspecified atom stereocenters. The minimum atomic E-state index is -0.0244. The second kappa shape index (κ2) is 7.61. The summed E-state index contributed by atoms with van der Waals surface area (Å²) >= 11 is 0. The lowest BCUT2D eigenvalue weighted by atomic mass is 9.99. The summed E-state index contributed by atoms with van der Waals surface area (Å²) in [4.78, 5) is 2.60. The lowest BCUT2D eigenvalue weighted by molar-refractivity contribution is -0.0175. The summed E-state index contributed by atoms with van der Waals surface area (Å²) in [5.41, 5.74) is -0.0244. The van der Waals surface area contributed by atoms with E-state index in [1.54, 1.807) is 0 Å². The molecule has 3 nitrogen and oxygen atoms in total. The number of hydrogen-bond acceptors (Lipinski definition) is 3. The Labute approximate surface area is 120 Å². The molecule has 0 amide bonds. The van der Waals surface area contributed by atoms with Gasteiger partial charge in [0.05, 0.1) is 12.2 Å². The van der Waals surface area contributed by atoms with Crippen LogP contribution in [0.3, 0.4) is 0 Å². The lowest BCUT2D eigenvalue weighted by Gasteiger charge is -2.32. The number of nitrogens with zero attached hydrogens (tertiary/aromatic N) is 1. The van der Waals surface area contributed by atoms with Gasteiger partial charge in [-0.15, -0.1) is 0 Å². The molecule has 0 radical (unpaired) electrons. The molecule has 1 aliphatic heterocycles. The largest absolute Gasteiger partial charge is 0.375 e. The summed E-state index contributed by atoms with van der Waals surface area (Å²) in [6.45, 7) is 17.6. The van der Waals surface area contributed by atoms with Crippen molar-refractivity contribution in [3.05, 3.63) is 0 Å². The van der Waals surface area contributed by atoms with Crippen LogP contribution in [0.2, 0.25) is 0 Å². The van der Waals surface area contributed by atoms with E-state index in [4.69, 9.17) is 4.74 Å². The average molecular weight is 270 g/mol. The second-order valence-electron chi connectivity index (χ2n) is 7.04. The summed E-state index contributed by atoms with van der Waals surface area (Å²) in [6, 6.07) is 1.29. The Hall–Kier alpha value is -0.120. The van der Waals surface area contributed by atoms with E-state index >= 15 is 0 Å². The van der Waals surface area contributed by atoms with E-state index in [-0.39, 0.29) is 5.60 Å². The van der Waals surface area contributed by atoms with E-state index in [2.05, 4.69) is 51.8 Å². The zero-order valence-electron chi connectivity index (χ0n) is 13.8. The topological polar surface area (TPSA) is 24.5 Å². The minimum Gasteiger partial charge on any atom is -0.375 e. The number of rotatable bonds is 5. The van der Waals surface area contributed by atoms with Gasteiger partial charge in [0.1, 0.15) is 0 Å². The summed E-state index contributed by atoms with van der Waals surface area (Å²) in [7, 11) is 0. The van der Waals surface area contributed by atoms with Gasteiger partial charge in [-0.05, 0) is 46.6 Å². The summed E-state index contributed by atoms with van der Waals surface area (Å²) < 4.78 is 5.88. The van der Waals surface area contributed by atoms with Crippen LogP contribution in [0.5, 0.6) is 0 Å². The molecule has 3 heteroatoms. The van der Waals surface area contributed by atoms with E-state index in [0.717, 1.165) is 32.2 Å². The van der Waals surface area contributed by atoms with Crippen LogP contribution in [0.15, 0.2) is 0 Å². The quantitative estimate of drug-likeness (QED) is 0.831. The summed E-state index contributed by atoms with van der Waals surface area (Å²) in [5, 5.41) is 3.72. The highest BCUT2D eigenvalue weighted by atomic mass is 16.5. The fourth-order valence-electron chi connectivity index (χ4n) is 2.60. The van der Waals surface area contributed by atoms with Crippen LogP contribution in [0.4, 0.5) is 0 Å². The van der Waals surface area contributed by atoms with Crippen molar-refractivity contribution >= 4 is 0 Å². The zero-order chi connectivity index (χ0) is 14.5. The standard InChI is InChI=1S/C16H34N2O/c1-7-13(2)15-12-18(14(3)8-9-17-15)10-11-19-16(4,5)6/h13-15,17H,7-12H2,1-6H3. The Morgan fingerprint density at radius 3 is 2.63 bits per heavy atom. The SMILES string of the molecule is CCC(C)C1CN(CCOC(C)(C)C)C(C)CCN1. The third-order valence-corrected chi connectivity index (χ3v) is 4.27. The van der Waals surface area contributed by atoms with Gasteiger partial charge in [-0.2, -0.15) is 0 Å². The van der Waals surface area contributed by atoms with Crippen LogP contribution in [0, 0.1) is 5.92 Å². The maximum atomic E-state index is 5.88. The molecule has 1 heterocycles. The van der Waals surface area contributed by atoms with Gasteiger partial charge in [-0.1, -0.05) is 20.3 Å². The Balaban J connectivity index is 2.48. The first-order chi connectivity index (χ1) is 8.83. The highest BCUT2D eigenvalue weighted by Crippen LogP contribution is 2.16. The van der Waals surface area contributed by atoms with Crippen molar-refractivity contribution in [3.63, 3.8) is 0 Å². The smallest absolute Gasteiger partial charge is 0.0600 e. The maximum Gasteiger partial charge on any atom is 0.0600 e. The van der Waals surface area contributed by atoms with Gasteiger partial charge in [0.15, 0.2) is 0 Å². The van der Waals surface area contributed by atoms with Gasteiger partial charge in [0.2, 0.25) is 0 Å². The number of hydrogen-bond donors (Lipinski definition) is 1. The van der Waals surface area contributed by atoms with Crippen LogP contribution in [0.25, 0.3) is 0 Å². The van der Waals surface area contributed by atoms with E-state index in [1.165, 1.54) is 12.8 Å². The zero-order valence-corrected chi connectivity index (χ0v) is 13.8. The normalized spacial score (nSPS) is 28.1. The molecular weight excluding hydrogens is 236 g/mol. The summed E-state index contributed by atoms with van der Waals surface area (Å²) in [6.07, 6.45) is 2.49. The van der Waals surface area contributed by atoms with Crippen molar-refractivity contribution in [3.8, 4) is 0 Å². The third-order valence-electron chi connectivity index (χ3n) is 4.27. The van der Waals surface area contributed by atoms with Crippen LogP contribution in [-0.2, 0) is 4.74 Å². The molecule has 1 fully saturated rings. The van der Waals surface area contributed by atoms with Gasteiger partial charge in [-0.3, -0.25) is 4.90 Å². The van der Waals surface area contributed by atoms with Crippen molar-refractivity contribution in [2.75, 3.05) is 26.2 Å². The van der Waals surface area contributed by atoms with Crippen molar-refractivity contribution in [2.24, 2.45) is 5.92 Å². The molecular formula is C16H34N2O. The summed E-state index contributed by atoms with van der Waals surface area (Å²) in [5.74, 6) is 0.747. The predicted octanol–water partition coefficient (Wildman–Crippen LogP) is 2.90. The van der Waals surface area contributed by atoms with Gasteiger partial charge in [0.25, 0.3) is 0 Å². The first kappa shape index (κ1) is 16.9. The Morgan fingerprint density at radius 2 is 2.05 bits per heavy atom. The fraction of sp³-hybridized carbons (Fsp3) is 1.00. The van der Waals surface area contributed by atoms with Crippen molar-refractivity contribution in [1.82, 2.24) is 10.2 Å². The number of nitrogens with one attached hydrogen (secondary N) is 1. The Bertz CT molecular complexity index is 250. The second-order valence-corrected chi connectivity index (χ2v) is 7.04. The Kier molecular flexibility index (Phi) is 6.78. The number of ether oxygens (including phenoxy) is 1. The van der Waals surface area contributed by atoms with Gasteiger partial charge >= 0.3 is 0 Å². The van der Waals surface area contributed by atoms with Crippen LogP contribution >= 0.6 is 0 Å². The van der Waals surface area contributed by atoms with Gasteiger partial charge < -0.3 is 10.1 Å². The molecule has 1 N–H and O–H groups in total. The van der Waals surface area contributed by atoms with E-state index in [9.17, 15) is 0 Å². The highest BCUT2D eigenvalue weighted by Gasteiger charge is 2.25. The van der Waals surface area contributed by atoms with Gasteiger partial charge in [0, 0.05) is 25.2 Å². The van der Waals surface area contributed by atoms with Gasteiger partial charge in [-0.25, -0.2) is 0 Å². The molecule has 19 heavy (non-hydrogen) atoms. The van der Waals surface area contributed by atoms with Crippen LogP contribution in [-0.4, -0.2) is 48.8 Å². The van der Waals surface area contributed by atoms with E-state index in [0.29, 0.717) is 12.1 Å². The predicted molar refractivity (Wildman–Crippen MR) is 82.6 cm³/mol. The van der Waals surface area contributed by atoms with E-state index in [1.807, 2.05) is 0 Å². The van der Waals surface area contributed by atoms with Crippen molar-refractivity contribution < 1.29 is 4.74 Å². The molecule has 114 valence electrons. The molecule has 3 atom stereocenters. The van der Waals surface area contributed by atoms with Crippen LogP contribution in [0.1, 0.15) is 54.4 Å². The molecule has 1 aliphatic rings. The van der Waals surface area contributed by atoms with Crippen molar-refractivity contribution in [1.29, 1.82) is 0 Å². The maximum absolute atomic E-state index is 5.88. The third kappa shape index (κ3) is 6.24. The molecule has 0 aromatic heterocycles. The molecule has 0 spiro atoms. The van der Waals surface area contributed by atoms with Crippen molar-refractivity contribution in [2.45, 2.75) is 72.1 Å². The molecule has 1 saturated heterocycles. The minimum absolute atomic E-state index is 0.0244. The molecule has 1 rings (SSSR count). The first-order valence-corrected chi connectivity index (χ1v) is 7.95. The molecule has 0 aliphatic carbocycles.